The fourth-order valence-electron chi connectivity index (χ4n) is 0.881. The number of ether oxygens (including phenoxy) is 1. The van der Waals surface area contributed by atoms with Gasteiger partial charge in [0.25, 0.3) is 0 Å². The van der Waals surface area contributed by atoms with Gasteiger partial charge >= 0.3 is 6.09 Å². The summed E-state index contributed by atoms with van der Waals surface area (Å²) >= 11 is 1.36. The molecule has 0 aliphatic carbocycles. The predicted molar refractivity (Wildman–Crippen MR) is 60.9 cm³/mol. The normalized spacial score (nSPS) is 10.5. The number of alkyl carbamates (subject to hydrolysis) is 1. The van der Waals surface area contributed by atoms with Gasteiger partial charge in [-0.25, -0.2) is 4.79 Å². The third-order valence-electron chi connectivity index (χ3n) is 1.55. The number of nitrogens with one attached hydrogen (secondary N) is 2. The Morgan fingerprint density at radius 2 is 2.12 bits per heavy atom. The highest BCUT2D eigenvalue weighted by Gasteiger charge is 2.20. The van der Waals surface area contributed by atoms with Crippen LogP contribution in [0.1, 0.15) is 0 Å². The number of rotatable bonds is 6. The van der Waals surface area contributed by atoms with E-state index in [0.29, 0.717) is 5.75 Å². The van der Waals surface area contributed by atoms with Gasteiger partial charge in [-0.2, -0.15) is 22.3 Å². The Hall–Kier alpha value is -1.93. The molecule has 92 valence electrons. The SMILES string of the molecule is CSCC(NC(=O)OCC#N)C(=O)NCC#N. The van der Waals surface area contributed by atoms with Gasteiger partial charge in [0, 0.05) is 5.75 Å². The molecule has 1 unspecified atom stereocenters. The maximum absolute atomic E-state index is 11.5. The molecule has 0 heterocycles. The molecule has 0 bridgehead atoms. The standard InChI is InChI=1S/C9H12N4O3S/c1-17-6-7(8(14)12-4-2-10)13-9(15)16-5-3-11/h7H,4-6H2,1H3,(H,12,14)(H,13,15). The van der Waals surface area contributed by atoms with Crippen molar-refractivity contribution >= 4 is 23.8 Å². The lowest BCUT2D eigenvalue weighted by Crippen LogP contribution is -2.48. The Morgan fingerprint density at radius 1 is 1.41 bits per heavy atom. The topological polar surface area (TPSA) is 115 Å². The maximum Gasteiger partial charge on any atom is 0.408 e. The van der Waals surface area contributed by atoms with Crippen LogP contribution >= 0.6 is 11.8 Å². The van der Waals surface area contributed by atoms with Crippen LogP contribution in [0.2, 0.25) is 0 Å². The van der Waals surface area contributed by atoms with Crippen molar-refractivity contribution in [1.29, 1.82) is 10.5 Å². The van der Waals surface area contributed by atoms with Crippen molar-refractivity contribution in [3.8, 4) is 12.1 Å². The molecule has 0 aromatic rings. The number of hydrogen-bond donors (Lipinski definition) is 2. The molecule has 0 aliphatic heterocycles. The van der Waals surface area contributed by atoms with Crippen LogP contribution in [0, 0.1) is 22.7 Å². The van der Waals surface area contributed by atoms with Crippen molar-refractivity contribution in [2.24, 2.45) is 0 Å². The van der Waals surface area contributed by atoms with Gasteiger partial charge in [-0.15, -0.1) is 0 Å². The van der Waals surface area contributed by atoms with Crippen molar-refractivity contribution < 1.29 is 14.3 Å². The van der Waals surface area contributed by atoms with Crippen LogP contribution in [-0.4, -0.2) is 43.2 Å². The largest absolute Gasteiger partial charge is 0.434 e. The molecule has 0 spiro atoms. The second-order valence-electron chi connectivity index (χ2n) is 2.76. The number of carbonyl (C=O) groups excluding carboxylic acids is 2. The molecular weight excluding hydrogens is 244 g/mol. The summed E-state index contributed by atoms with van der Waals surface area (Å²) in [6, 6.07) is 2.61. The lowest BCUT2D eigenvalue weighted by Gasteiger charge is -2.15. The second kappa shape index (κ2) is 9.31. The Labute approximate surface area is 103 Å². The molecule has 0 radical (unpaired) electrons. The first-order valence-electron chi connectivity index (χ1n) is 4.59. The third kappa shape index (κ3) is 7.03. The summed E-state index contributed by atoms with van der Waals surface area (Å²) in [5, 5.41) is 21.1. The van der Waals surface area contributed by atoms with Crippen LogP contribution in [0.3, 0.4) is 0 Å². The van der Waals surface area contributed by atoms with E-state index in [2.05, 4.69) is 15.4 Å². The fraction of sp³-hybridized carbons (Fsp3) is 0.556. The zero-order valence-electron chi connectivity index (χ0n) is 9.23. The molecule has 17 heavy (non-hydrogen) atoms. The molecular formula is C9H12N4O3S. The van der Waals surface area contributed by atoms with E-state index in [9.17, 15) is 9.59 Å². The van der Waals surface area contributed by atoms with Gasteiger partial charge < -0.3 is 15.4 Å². The average molecular weight is 256 g/mol. The summed E-state index contributed by atoms with van der Waals surface area (Å²) in [6.07, 6.45) is 0.935. The average Bonchev–Trinajstić information content (AvgIpc) is 2.32. The number of hydrogen-bond acceptors (Lipinski definition) is 6. The van der Waals surface area contributed by atoms with Gasteiger partial charge in [0.1, 0.15) is 18.7 Å². The lowest BCUT2D eigenvalue weighted by molar-refractivity contribution is -0.122. The van der Waals surface area contributed by atoms with Crippen molar-refractivity contribution in [1.82, 2.24) is 10.6 Å². The number of carbonyl (C=O) groups is 2. The number of nitrogens with zero attached hydrogens (tertiary/aromatic N) is 2. The van der Waals surface area contributed by atoms with Gasteiger partial charge in [-0.3, -0.25) is 4.79 Å². The minimum absolute atomic E-state index is 0.126. The smallest absolute Gasteiger partial charge is 0.408 e. The molecule has 1 atom stereocenters. The van der Waals surface area contributed by atoms with E-state index in [-0.39, 0.29) is 13.2 Å². The summed E-state index contributed by atoms with van der Waals surface area (Å²) in [5.41, 5.74) is 0. The van der Waals surface area contributed by atoms with Crippen LogP contribution in [0.15, 0.2) is 0 Å². The van der Waals surface area contributed by atoms with Crippen LogP contribution < -0.4 is 10.6 Å². The summed E-state index contributed by atoms with van der Waals surface area (Å²) in [6.45, 7) is -0.504. The van der Waals surface area contributed by atoms with Crippen molar-refractivity contribution in [3.63, 3.8) is 0 Å². The molecule has 8 heteroatoms. The van der Waals surface area contributed by atoms with Crippen molar-refractivity contribution in [2.45, 2.75) is 6.04 Å². The lowest BCUT2D eigenvalue weighted by atomic mass is 10.3. The molecule has 2 N–H and O–H groups in total. The van der Waals surface area contributed by atoms with E-state index in [0.717, 1.165) is 0 Å². The van der Waals surface area contributed by atoms with E-state index in [1.54, 1.807) is 18.4 Å². The molecule has 0 aliphatic rings. The van der Waals surface area contributed by atoms with Gasteiger partial charge in [0.15, 0.2) is 6.61 Å². The van der Waals surface area contributed by atoms with Crippen molar-refractivity contribution in [2.75, 3.05) is 25.2 Å². The summed E-state index contributed by atoms with van der Waals surface area (Å²) in [4.78, 5) is 22.6. The Morgan fingerprint density at radius 3 is 2.65 bits per heavy atom. The monoisotopic (exact) mass is 256 g/mol. The zero-order chi connectivity index (χ0) is 13.1. The maximum atomic E-state index is 11.5. The molecule has 0 saturated heterocycles. The highest BCUT2D eigenvalue weighted by Crippen LogP contribution is 1.98. The van der Waals surface area contributed by atoms with Crippen molar-refractivity contribution in [3.05, 3.63) is 0 Å². The number of nitriles is 2. The Bertz CT molecular complexity index is 347. The predicted octanol–water partition coefficient (Wildman–Crippen LogP) is -0.392. The van der Waals surface area contributed by atoms with Gasteiger partial charge in [0.2, 0.25) is 5.91 Å². The summed E-state index contributed by atoms with van der Waals surface area (Å²) in [7, 11) is 0. The van der Waals surface area contributed by atoms with Crippen LogP contribution in [0.4, 0.5) is 4.79 Å². The minimum Gasteiger partial charge on any atom is -0.434 e. The van der Waals surface area contributed by atoms with Crippen LogP contribution in [0.5, 0.6) is 0 Å². The van der Waals surface area contributed by atoms with Gasteiger partial charge in [-0.1, -0.05) is 0 Å². The molecule has 0 aromatic carbocycles. The summed E-state index contributed by atoms with van der Waals surface area (Å²) < 4.78 is 4.46. The minimum atomic E-state index is -0.835. The number of thioether (sulfide) groups is 1. The van der Waals surface area contributed by atoms with E-state index in [4.69, 9.17) is 10.5 Å². The van der Waals surface area contributed by atoms with E-state index < -0.39 is 18.0 Å². The zero-order valence-corrected chi connectivity index (χ0v) is 10.0. The van der Waals surface area contributed by atoms with E-state index >= 15 is 0 Å². The first-order valence-corrected chi connectivity index (χ1v) is 5.99. The number of amides is 2. The molecule has 0 rings (SSSR count). The molecule has 0 saturated carbocycles. The van der Waals surface area contributed by atoms with Crippen LogP contribution in [-0.2, 0) is 9.53 Å². The highest BCUT2D eigenvalue weighted by atomic mass is 32.2. The first-order chi connectivity index (χ1) is 8.15. The molecule has 2 amide bonds. The molecule has 7 nitrogen and oxygen atoms in total. The molecule has 0 aromatic heterocycles. The van der Waals surface area contributed by atoms with E-state index in [1.807, 2.05) is 0 Å². The second-order valence-corrected chi connectivity index (χ2v) is 3.67. The van der Waals surface area contributed by atoms with Gasteiger partial charge in [-0.05, 0) is 6.26 Å². The fourth-order valence-corrected chi connectivity index (χ4v) is 1.45. The third-order valence-corrected chi connectivity index (χ3v) is 2.22. The first kappa shape index (κ1) is 15.1. The van der Waals surface area contributed by atoms with Gasteiger partial charge in [0.05, 0.1) is 6.07 Å². The Kier molecular flexibility index (Phi) is 8.25. The Balaban J connectivity index is 4.23. The quantitative estimate of drug-likeness (QED) is 0.625. The summed E-state index contributed by atoms with van der Waals surface area (Å²) in [5.74, 6) is -0.117. The highest BCUT2D eigenvalue weighted by molar-refractivity contribution is 7.98. The van der Waals surface area contributed by atoms with E-state index in [1.165, 1.54) is 11.8 Å². The molecule has 0 fully saturated rings. The van der Waals surface area contributed by atoms with Crippen LogP contribution in [0.25, 0.3) is 0 Å².